The quantitative estimate of drug-likeness (QED) is 0.460. The van der Waals surface area contributed by atoms with E-state index in [9.17, 15) is 0 Å². The number of aromatic nitrogens is 1. The molecule has 0 bridgehead atoms. The Kier molecular flexibility index (Phi) is 7.06. The molecule has 2 aromatic rings. The van der Waals surface area contributed by atoms with Crippen molar-refractivity contribution in [3.8, 4) is 5.75 Å². The van der Waals surface area contributed by atoms with E-state index in [-0.39, 0.29) is 0 Å². The lowest BCUT2D eigenvalue weighted by molar-refractivity contribution is 0.321. The normalized spacial score (nSPS) is 11.4. The maximum atomic E-state index is 5.79. The molecule has 0 radical (unpaired) electrons. The van der Waals surface area contributed by atoms with Crippen LogP contribution < -0.4 is 15.4 Å². The molecule has 0 fully saturated rings. The van der Waals surface area contributed by atoms with Gasteiger partial charge in [0.05, 0.1) is 17.2 Å². The fraction of sp³-hybridized carbons (Fsp3) is 0.444. The van der Waals surface area contributed by atoms with Gasteiger partial charge in [-0.2, -0.15) is 0 Å². The van der Waals surface area contributed by atoms with Crippen LogP contribution in [0, 0.1) is 20.8 Å². The summed E-state index contributed by atoms with van der Waals surface area (Å²) < 4.78 is 5.79. The zero-order valence-corrected chi connectivity index (χ0v) is 15.7. The highest BCUT2D eigenvalue weighted by Gasteiger charge is 2.01. The third-order valence-corrected chi connectivity index (χ3v) is 4.24. The first-order chi connectivity index (χ1) is 11.6. The molecule has 0 saturated carbocycles. The van der Waals surface area contributed by atoms with E-state index < -0.39 is 0 Å². The van der Waals surface area contributed by atoms with Crippen LogP contribution in [-0.4, -0.2) is 37.7 Å². The van der Waals surface area contributed by atoms with Gasteiger partial charge < -0.3 is 15.4 Å². The Hall–Kier alpha value is -2.08. The maximum Gasteiger partial charge on any atom is 0.191 e. The van der Waals surface area contributed by atoms with E-state index in [1.807, 2.05) is 6.92 Å². The van der Waals surface area contributed by atoms with Gasteiger partial charge in [0.1, 0.15) is 12.4 Å². The summed E-state index contributed by atoms with van der Waals surface area (Å²) in [6.07, 6.45) is 0.893. The van der Waals surface area contributed by atoms with Crippen molar-refractivity contribution >= 4 is 17.3 Å². The summed E-state index contributed by atoms with van der Waals surface area (Å²) in [5.41, 5.74) is 3.55. The van der Waals surface area contributed by atoms with E-state index in [1.165, 1.54) is 11.1 Å². The molecule has 0 saturated heterocycles. The maximum absolute atomic E-state index is 5.79. The third kappa shape index (κ3) is 6.20. The number of hydrogen-bond acceptors (Lipinski definition) is 4. The molecule has 2 rings (SSSR count). The van der Waals surface area contributed by atoms with Crippen molar-refractivity contribution in [2.24, 2.45) is 4.99 Å². The first-order valence-electron chi connectivity index (χ1n) is 8.13. The third-order valence-electron chi connectivity index (χ3n) is 3.42. The second kappa shape index (κ2) is 9.27. The Morgan fingerprint density at radius 3 is 2.46 bits per heavy atom. The molecular weight excluding hydrogens is 320 g/mol. The molecule has 5 nitrogen and oxygen atoms in total. The molecule has 24 heavy (non-hydrogen) atoms. The molecule has 1 aromatic carbocycles. The number of nitrogens with zero attached hydrogens (tertiary/aromatic N) is 2. The summed E-state index contributed by atoms with van der Waals surface area (Å²) >= 11 is 1.68. The Labute approximate surface area is 148 Å². The number of benzene rings is 1. The summed E-state index contributed by atoms with van der Waals surface area (Å²) in [6, 6.07) is 6.24. The number of thiazole rings is 1. The molecule has 0 amide bonds. The highest BCUT2D eigenvalue weighted by molar-refractivity contribution is 7.09. The van der Waals surface area contributed by atoms with E-state index in [4.69, 9.17) is 4.74 Å². The molecule has 0 aliphatic rings. The number of rotatable bonds is 7. The van der Waals surface area contributed by atoms with Crippen molar-refractivity contribution in [1.82, 2.24) is 15.6 Å². The number of guanidine groups is 1. The summed E-state index contributed by atoms with van der Waals surface area (Å²) in [5, 5.41) is 9.76. The monoisotopic (exact) mass is 346 g/mol. The Balaban J connectivity index is 1.66. The minimum Gasteiger partial charge on any atom is -0.492 e. The standard InChI is InChI=1S/C18H26N4OS/c1-13-9-14(2)11-17(10-13)23-8-7-21-18(19-4)20-6-5-16-12-24-15(3)22-16/h9-12H,5-8H2,1-4H3,(H2,19,20,21). The predicted molar refractivity (Wildman–Crippen MR) is 101 cm³/mol. The highest BCUT2D eigenvalue weighted by atomic mass is 32.1. The number of hydrogen-bond donors (Lipinski definition) is 2. The molecule has 0 unspecified atom stereocenters. The smallest absolute Gasteiger partial charge is 0.191 e. The number of nitrogens with one attached hydrogen (secondary N) is 2. The van der Waals surface area contributed by atoms with Crippen molar-refractivity contribution in [3.63, 3.8) is 0 Å². The zero-order chi connectivity index (χ0) is 17.4. The van der Waals surface area contributed by atoms with Gasteiger partial charge in [0.15, 0.2) is 5.96 Å². The Bertz CT molecular complexity index is 661. The predicted octanol–water partition coefficient (Wildman–Crippen LogP) is 2.85. The molecule has 0 atom stereocenters. The van der Waals surface area contributed by atoms with Crippen molar-refractivity contribution in [1.29, 1.82) is 0 Å². The first kappa shape index (κ1) is 18.3. The van der Waals surface area contributed by atoms with Crippen LogP contribution >= 0.6 is 11.3 Å². The van der Waals surface area contributed by atoms with E-state index >= 15 is 0 Å². The largest absolute Gasteiger partial charge is 0.492 e. The van der Waals surface area contributed by atoms with Crippen molar-refractivity contribution in [2.45, 2.75) is 27.2 Å². The summed E-state index contributed by atoms with van der Waals surface area (Å²) in [5.74, 6) is 1.70. The zero-order valence-electron chi connectivity index (χ0n) is 14.8. The summed E-state index contributed by atoms with van der Waals surface area (Å²) in [4.78, 5) is 8.67. The fourth-order valence-electron chi connectivity index (χ4n) is 2.41. The van der Waals surface area contributed by atoms with Gasteiger partial charge >= 0.3 is 0 Å². The SMILES string of the molecule is CN=C(NCCOc1cc(C)cc(C)c1)NCCc1csc(C)n1. The number of aliphatic imine (C=N–C) groups is 1. The van der Waals surface area contributed by atoms with E-state index in [1.54, 1.807) is 18.4 Å². The first-order valence-corrected chi connectivity index (χ1v) is 9.01. The van der Waals surface area contributed by atoms with Gasteiger partial charge in [-0.3, -0.25) is 4.99 Å². The lowest BCUT2D eigenvalue weighted by Crippen LogP contribution is -2.40. The highest BCUT2D eigenvalue weighted by Crippen LogP contribution is 2.15. The van der Waals surface area contributed by atoms with Crippen molar-refractivity contribution in [2.75, 3.05) is 26.7 Å². The molecule has 130 valence electrons. The molecule has 1 heterocycles. The van der Waals surface area contributed by atoms with Gasteiger partial charge in [0.25, 0.3) is 0 Å². The van der Waals surface area contributed by atoms with Crippen LogP contribution in [0.15, 0.2) is 28.6 Å². The summed E-state index contributed by atoms with van der Waals surface area (Å²) in [7, 11) is 1.77. The molecule has 2 N–H and O–H groups in total. The van der Waals surface area contributed by atoms with Gasteiger partial charge in [0, 0.05) is 25.4 Å². The molecular formula is C18H26N4OS. The molecule has 0 aliphatic heterocycles. The second-order valence-corrected chi connectivity index (χ2v) is 6.77. The van der Waals surface area contributed by atoms with Crippen LogP contribution in [0.4, 0.5) is 0 Å². The topological polar surface area (TPSA) is 58.5 Å². The lowest BCUT2D eigenvalue weighted by atomic mass is 10.1. The Morgan fingerprint density at radius 1 is 1.12 bits per heavy atom. The Morgan fingerprint density at radius 2 is 1.83 bits per heavy atom. The fourth-order valence-corrected chi connectivity index (χ4v) is 3.05. The molecule has 0 spiro atoms. The van der Waals surface area contributed by atoms with Gasteiger partial charge in [-0.05, 0) is 44.0 Å². The van der Waals surface area contributed by atoms with Gasteiger partial charge in [-0.25, -0.2) is 4.98 Å². The van der Waals surface area contributed by atoms with Gasteiger partial charge in [-0.1, -0.05) is 6.07 Å². The molecule has 1 aromatic heterocycles. The minimum atomic E-state index is 0.592. The van der Waals surface area contributed by atoms with Crippen LogP contribution in [0.2, 0.25) is 0 Å². The summed E-state index contributed by atoms with van der Waals surface area (Å²) in [6.45, 7) is 8.28. The van der Waals surface area contributed by atoms with Crippen LogP contribution in [0.1, 0.15) is 21.8 Å². The molecule has 6 heteroatoms. The van der Waals surface area contributed by atoms with Crippen LogP contribution in [0.25, 0.3) is 0 Å². The average Bonchev–Trinajstić information content (AvgIpc) is 2.94. The van der Waals surface area contributed by atoms with Crippen molar-refractivity contribution < 1.29 is 4.74 Å². The van der Waals surface area contributed by atoms with E-state index in [0.717, 1.165) is 35.4 Å². The average molecular weight is 347 g/mol. The van der Waals surface area contributed by atoms with E-state index in [2.05, 4.69) is 58.0 Å². The van der Waals surface area contributed by atoms with Gasteiger partial charge in [-0.15, -0.1) is 11.3 Å². The van der Waals surface area contributed by atoms with Crippen LogP contribution in [0.3, 0.4) is 0 Å². The van der Waals surface area contributed by atoms with Crippen molar-refractivity contribution in [3.05, 3.63) is 45.4 Å². The van der Waals surface area contributed by atoms with Crippen LogP contribution in [-0.2, 0) is 6.42 Å². The van der Waals surface area contributed by atoms with Gasteiger partial charge in [0.2, 0.25) is 0 Å². The second-order valence-electron chi connectivity index (χ2n) is 5.71. The van der Waals surface area contributed by atoms with Crippen LogP contribution in [0.5, 0.6) is 5.75 Å². The van der Waals surface area contributed by atoms with E-state index in [0.29, 0.717) is 13.2 Å². The number of aryl methyl sites for hydroxylation is 3. The lowest BCUT2D eigenvalue weighted by Gasteiger charge is -2.12. The number of ether oxygens (including phenoxy) is 1. The minimum absolute atomic E-state index is 0.592. The molecule has 0 aliphatic carbocycles.